The molecule has 0 bridgehead atoms. The summed E-state index contributed by atoms with van der Waals surface area (Å²) in [6.07, 6.45) is -0.579. The molecule has 1 aromatic heterocycles. The highest BCUT2D eigenvalue weighted by atomic mass is 35.5. The third-order valence-electron chi connectivity index (χ3n) is 4.00. The number of carbonyl (C=O) groups is 1. The summed E-state index contributed by atoms with van der Waals surface area (Å²) >= 11 is 6.01. The third kappa shape index (κ3) is 4.20. The standard InChI is InChI=1S/C16H24BClN2O4/c1-14(2,3)22-13(21)19-10-8-9-11(18)20-12(10)17-23-15(4,5)16(6,7)24-17/h8-9H,1-7H3,(H,19,21). The molecule has 0 radical (unpaired) electrons. The number of halogens is 1. The van der Waals surface area contributed by atoms with Gasteiger partial charge in [0.05, 0.1) is 22.5 Å². The Balaban J connectivity index is 2.28. The summed E-state index contributed by atoms with van der Waals surface area (Å²) in [6.45, 7) is 13.2. The average Bonchev–Trinajstić information content (AvgIpc) is 2.58. The SMILES string of the molecule is CC(C)(C)OC(=O)Nc1ccc(Cl)nc1B1OC(C)(C)C(C)(C)O1. The van der Waals surface area contributed by atoms with Crippen LogP contribution in [0, 0.1) is 0 Å². The molecule has 1 aliphatic rings. The highest BCUT2D eigenvalue weighted by Crippen LogP contribution is 2.36. The Bertz CT molecular complexity index is 627. The predicted molar refractivity (Wildman–Crippen MR) is 94.8 cm³/mol. The number of nitrogens with one attached hydrogen (secondary N) is 1. The molecular weight excluding hydrogens is 330 g/mol. The first kappa shape index (κ1) is 19.0. The van der Waals surface area contributed by atoms with Crippen LogP contribution < -0.4 is 10.9 Å². The smallest absolute Gasteiger partial charge is 0.444 e. The van der Waals surface area contributed by atoms with Gasteiger partial charge in [-0.25, -0.2) is 9.78 Å². The lowest BCUT2D eigenvalue weighted by atomic mass is 9.83. The van der Waals surface area contributed by atoms with E-state index in [1.165, 1.54) is 0 Å². The van der Waals surface area contributed by atoms with Crippen LogP contribution in [0.2, 0.25) is 5.15 Å². The maximum absolute atomic E-state index is 12.1. The molecule has 0 saturated carbocycles. The first-order chi connectivity index (χ1) is 10.8. The summed E-state index contributed by atoms with van der Waals surface area (Å²) in [5.74, 6) is 0. The van der Waals surface area contributed by atoms with Gasteiger partial charge in [-0.15, -0.1) is 0 Å². The molecule has 132 valence electrons. The van der Waals surface area contributed by atoms with Crippen LogP contribution >= 0.6 is 11.6 Å². The average molecular weight is 355 g/mol. The fourth-order valence-corrected chi connectivity index (χ4v) is 2.26. The molecule has 0 aliphatic carbocycles. The van der Waals surface area contributed by atoms with E-state index >= 15 is 0 Å². The summed E-state index contributed by atoms with van der Waals surface area (Å²) in [7, 11) is -0.737. The minimum absolute atomic E-state index is 0.287. The van der Waals surface area contributed by atoms with Crippen molar-refractivity contribution >= 4 is 36.1 Å². The van der Waals surface area contributed by atoms with Gasteiger partial charge in [0, 0.05) is 0 Å². The van der Waals surface area contributed by atoms with Crippen molar-refractivity contribution in [3.8, 4) is 0 Å². The lowest BCUT2D eigenvalue weighted by Gasteiger charge is -2.32. The normalized spacial score (nSPS) is 19.2. The van der Waals surface area contributed by atoms with Gasteiger partial charge in [-0.3, -0.25) is 5.32 Å². The number of anilines is 1. The van der Waals surface area contributed by atoms with E-state index in [1.807, 2.05) is 27.7 Å². The predicted octanol–water partition coefficient (Wildman–Crippen LogP) is 3.38. The minimum atomic E-state index is -0.737. The molecule has 1 saturated heterocycles. The number of pyridine rings is 1. The Morgan fingerprint density at radius 3 is 2.25 bits per heavy atom. The van der Waals surface area contributed by atoms with Crippen LogP contribution in [0.3, 0.4) is 0 Å². The first-order valence-corrected chi connectivity index (χ1v) is 8.21. The van der Waals surface area contributed by atoms with E-state index in [0.717, 1.165) is 0 Å². The molecule has 2 heterocycles. The summed E-state index contributed by atoms with van der Waals surface area (Å²) in [6, 6.07) is 3.24. The topological polar surface area (TPSA) is 69.7 Å². The molecule has 0 atom stereocenters. The second kappa shape index (κ2) is 6.21. The second-order valence-electron chi connectivity index (χ2n) is 7.78. The zero-order chi connectivity index (χ0) is 18.3. The summed E-state index contributed by atoms with van der Waals surface area (Å²) < 4.78 is 17.3. The molecule has 2 rings (SSSR count). The first-order valence-electron chi connectivity index (χ1n) is 7.83. The van der Waals surface area contributed by atoms with E-state index in [1.54, 1.807) is 32.9 Å². The number of hydrogen-bond acceptors (Lipinski definition) is 5. The number of ether oxygens (including phenoxy) is 1. The zero-order valence-electron chi connectivity index (χ0n) is 15.2. The number of hydrogen-bond donors (Lipinski definition) is 1. The van der Waals surface area contributed by atoms with Crippen molar-refractivity contribution in [2.24, 2.45) is 0 Å². The highest BCUT2D eigenvalue weighted by Gasteiger charge is 2.53. The molecule has 1 aromatic rings. The van der Waals surface area contributed by atoms with Crippen molar-refractivity contribution in [3.63, 3.8) is 0 Å². The zero-order valence-corrected chi connectivity index (χ0v) is 15.9. The molecule has 1 amide bonds. The summed E-state index contributed by atoms with van der Waals surface area (Å²) in [4.78, 5) is 16.3. The minimum Gasteiger partial charge on any atom is -0.444 e. The van der Waals surface area contributed by atoms with Gasteiger partial charge in [0.25, 0.3) is 0 Å². The van der Waals surface area contributed by atoms with Crippen molar-refractivity contribution in [2.75, 3.05) is 5.32 Å². The molecular formula is C16H24BClN2O4. The third-order valence-corrected chi connectivity index (χ3v) is 4.21. The Morgan fingerprint density at radius 1 is 1.21 bits per heavy atom. The fraction of sp³-hybridized carbons (Fsp3) is 0.625. The summed E-state index contributed by atoms with van der Waals surface area (Å²) in [5.41, 5.74) is -0.802. The number of rotatable bonds is 2. The van der Waals surface area contributed by atoms with E-state index < -0.39 is 30.0 Å². The Kier molecular flexibility index (Phi) is 4.92. The van der Waals surface area contributed by atoms with E-state index in [2.05, 4.69) is 10.3 Å². The van der Waals surface area contributed by atoms with E-state index in [4.69, 9.17) is 25.6 Å². The Labute approximate surface area is 148 Å². The summed E-state index contributed by atoms with van der Waals surface area (Å²) in [5, 5.41) is 2.97. The van der Waals surface area contributed by atoms with Crippen LogP contribution in [0.15, 0.2) is 12.1 Å². The molecule has 0 spiro atoms. The Hall–Kier alpha value is -1.31. The van der Waals surface area contributed by atoms with Gasteiger partial charge in [-0.1, -0.05) is 11.6 Å². The van der Waals surface area contributed by atoms with Gasteiger partial charge < -0.3 is 14.0 Å². The second-order valence-corrected chi connectivity index (χ2v) is 8.17. The van der Waals surface area contributed by atoms with E-state index in [-0.39, 0.29) is 5.15 Å². The van der Waals surface area contributed by atoms with Gasteiger partial charge in [-0.2, -0.15) is 0 Å². The van der Waals surface area contributed by atoms with Crippen molar-refractivity contribution in [3.05, 3.63) is 17.3 Å². The van der Waals surface area contributed by atoms with Crippen LogP contribution in [-0.4, -0.2) is 35.0 Å². The van der Waals surface area contributed by atoms with Crippen molar-refractivity contribution in [2.45, 2.75) is 65.3 Å². The maximum Gasteiger partial charge on any atom is 0.516 e. The van der Waals surface area contributed by atoms with Gasteiger partial charge in [0.15, 0.2) is 0 Å². The van der Waals surface area contributed by atoms with Gasteiger partial charge in [-0.05, 0) is 60.6 Å². The van der Waals surface area contributed by atoms with E-state index in [9.17, 15) is 4.79 Å². The van der Waals surface area contributed by atoms with E-state index in [0.29, 0.717) is 11.3 Å². The van der Waals surface area contributed by atoms with Crippen LogP contribution in [-0.2, 0) is 14.0 Å². The van der Waals surface area contributed by atoms with Crippen molar-refractivity contribution < 1.29 is 18.8 Å². The monoisotopic (exact) mass is 354 g/mol. The van der Waals surface area contributed by atoms with Gasteiger partial charge >= 0.3 is 13.2 Å². The van der Waals surface area contributed by atoms with Crippen molar-refractivity contribution in [1.82, 2.24) is 4.98 Å². The van der Waals surface area contributed by atoms with Gasteiger partial charge in [0.2, 0.25) is 0 Å². The quantitative estimate of drug-likeness (QED) is 0.651. The number of amides is 1. The van der Waals surface area contributed by atoms with Crippen molar-refractivity contribution in [1.29, 1.82) is 0 Å². The van der Waals surface area contributed by atoms with Crippen LogP contribution in [0.5, 0.6) is 0 Å². The number of nitrogens with zero attached hydrogens (tertiary/aromatic N) is 1. The molecule has 24 heavy (non-hydrogen) atoms. The molecule has 1 N–H and O–H groups in total. The number of carbonyl (C=O) groups excluding carboxylic acids is 1. The lowest BCUT2D eigenvalue weighted by molar-refractivity contribution is 0.00578. The molecule has 0 aromatic carbocycles. The lowest BCUT2D eigenvalue weighted by Crippen LogP contribution is -2.41. The van der Waals surface area contributed by atoms with Crippen LogP contribution in [0.4, 0.5) is 10.5 Å². The Morgan fingerprint density at radius 2 is 1.75 bits per heavy atom. The van der Waals surface area contributed by atoms with Gasteiger partial charge in [0.1, 0.15) is 10.8 Å². The largest absolute Gasteiger partial charge is 0.516 e. The molecule has 1 aliphatic heterocycles. The molecule has 6 nitrogen and oxygen atoms in total. The highest BCUT2D eigenvalue weighted by molar-refractivity contribution is 6.63. The van der Waals surface area contributed by atoms with Crippen LogP contribution in [0.1, 0.15) is 48.5 Å². The molecule has 8 heteroatoms. The number of aromatic nitrogens is 1. The molecule has 0 unspecified atom stereocenters. The van der Waals surface area contributed by atoms with Crippen LogP contribution in [0.25, 0.3) is 0 Å². The molecule has 1 fully saturated rings. The maximum atomic E-state index is 12.1. The fourth-order valence-electron chi connectivity index (χ4n) is 2.10.